The monoisotopic (exact) mass is 264 g/mol. The number of nitrogens with zero attached hydrogens (tertiary/aromatic N) is 1. The molecule has 1 aromatic rings. The predicted molar refractivity (Wildman–Crippen MR) is 73.2 cm³/mol. The molecule has 0 fully saturated rings. The van der Waals surface area contributed by atoms with Gasteiger partial charge in [0.25, 0.3) is 5.91 Å². The van der Waals surface area contributed by atoms with E-state index in [0.29, 0.717) is 11.3 Å². The molecule has 0 unspecified atom stereocenters. The summed E-state index contributed by atoms with van der Waals surface area (Å²) in [5, 5.41) is 2.84. The van der Waals surface area contributed by atoms with E-state index in [9.17, 15) is 9.59 Å². The number of amides is 2. The van der Waals surface area contributed by atoms with Gasteiger partial charge in [-0.3, -0.25) is 9.59 Å². The maximum Gasteiger partial charge on any atom is 0.251 e. The fourth-order valence-corrected chi connectivity index (χ4v) is 2.74. The summed E-state index contributed by atoms with van der Waals surface area (Å²) < 4.78 is 0. The average molecular weight is 264 g/mol. The highest BCUT2D eigenvalue weighted by Crippen LogP contribution is 2.35. The molecule has 1 aliphatic heterocycles. The SMILES string of the molecule is CC(C)NC(=O)c1ccc2c(c1)N(C)C(=O)CS2. The minimum Gasteiger partial charge on any atom is -0.350 e. The van der Waals surface area contributed by atoms with Gasteiger partial charge in [-0.1, -0.05) is 0 Å². The third-order valence-corrected chi connectivity index (χ3v) is 3.78. The number of rotatable bonds is 2. The van der Waals surface area contributed by atoms with Gasteiger partial charge in [0.2, 0.25) is 5.91 Å². The van der Waals surface area contributed by atoms with E-state index < -0.39 is 0 Å². The summed E-state index contributed by atoms with van der Waals surface area (Å²) >= 11 is 1.51. The number of fused-ring (bicyclic) bond motifs is 1. The van der Waals surface area contributed by atoms with Crippen LogP contribution in [0.15, 0.2) is 23.1 Å². The fraction of sp³-hybridized carbons (Fsp3) is 0.385. The van der Waals surface area contributed by atoms with Gasteiger partial charge >= 0.3 is 0 Å². The smallest absolute Gasteiger partial charge is 0.251 e. The molecule has 5 heteroatoms. The predicted octanol–water partition coefficient (Wildman–Crippen LogP) is 1.89. The van der Waals surface area contributed by atoms with Crippen LogP contribution in [0.1, 0.15) is 24.2 Å². The van der Waals surface area contributed by atoms with Gasteiger partial charge in [-0.15, -0.1) is 11.8 Å². The van der Waals surface area contributed by atoms with Gasteiger partial charge in [0, 0.05) is 23.5 Å². The molecule has 0 saturated carbocycles. The second-order valence-electron chi connectivity index (χ2n) is 4.55. The van der Waals surface area contributed by atoms with Gasteiger partial charge in [0.15, 0.2) is 0 Å². The molecular formula is C13H16N2O2S. The van der Waals surface area contributed by atoms with Crippen LogP contribution in [0.2, 0.25) is 0 Å². The molecule has 0 bridgehead atoms. The van der Waals surface area contributed by atoms with Crippen molar-refractivity contribution in [2.24, 2.45) is 0 Å². The molecule has 4 nitrogen and oxygen atoms in total. The van der Waals surface area contributed by atoms with Crippen LogP contribution in [0.4, 0.5) is 5.69 Å². The van der Waals surface area contributed by atoms with Crippen LogP contribution in [-0.4, -0.2) is 30.7 Å². The highest BCUT2D eigenvalue weighted by Gasteiger charge is 2.22. The normalized spacial score (nSPS) is 14.7. The molecular weight excluding hydrogens is 248 g/mol. The molecule has 0 atom stereocenters. The number of hydrogen-bond acceptors (Lipinski definition) is 3. The Morgan fingerprint density at radius 2 is 2.17 bits per heavy atom. The highest BCUT2D eigenvalue weighted by molar-refractivity contribution is 8.00. The third-order valence-electron chi connectivity index (χ3n) is 2.73. The molecule has 0 spiro atoms. The summed E-state index contributed by atoms with van der Waals surface area (Å²) in [6.45, 7) is 3.84. The number of carbonyl (C=O) groups excluding carboxylic acids is 2. The zero-order chi connectivity index (χ0) is 13.3. The summed E-state index contributed by atoms with van der Waals surface area (Å²) in [5.41, 5.74) is 1.40. The van der Waals surface area contributed by atoms with Crippen molar-refractivity contribution in [2.45, 2.75) is 24.8 Å². The molecule has 2 amide bonds. The van der Waals surface area contributed by atoms with Crippen molar-refractivity contribution >= 4 is 29.3 Å². The number of hydrogen-bond donors (Lipinski definition) is 1. The van der Waals surface area contributed by atoms with Crippen LogP contribution in [-0.2, 0) is 4.79 Å². The quantitative estimate of drug-likeness (QED) is 0.887. The summed E-state index contributed by atoms with van der Waals surface area (Å²) in [4.78, 5) is 26.2. The van der Waals surface area contributed by atoms with Gasteiger partial charge in [-0.05, 0) is 32.0 Å². The van der Waals surface area contributed by atoms with E-state index in [4.69, 9.17) is 0 Å². The van der Waals surface area contributed by atoms with E-state index in [1.54, 1.807) is 24.1 Å². The van der Waals surface area contributed by atoms with Crippen LogP contribution in [0.3, 0.4) is 0 Å². The molecule has 1 heterocycles. The first-order valence-electron chi connectivity index (χ1n) is 5.83. The Hall–Kier alpha value is -1.49. The number of thioether (sulfide) groups is 1. The maximum absolute atomic E-state index is 11.9. The van der Waals surface area contributed by atoms with Crippen molar-refractivity contribution in [2.75, 3.05) is 17.7 Å². The Balaban J connectivity index is 2.31. The van der Waals surface area contributed by atoms with Gasteiger partial charge in [-0.25, -0.2) is 0 Å². The largest absolute Gasteiger partial charge is 0.350 e. The second kappa shape index (κ2) is 5.02. The third kappa shape index (κ3) is 2.51. The maximum atomic E-state index is 11.9. The molecule has 0 aliphatic carbocycles. The topological polar surface area (TPSA) is 49.4 Å². The molecule has 0 saturated heterocycles. The van der Waals surface area contributed by atoms with E-state index in [1.807, 2.05) is 19.9 Å². The molecule has 0 aromatic heterocycles. The van der Waals surface area contributed by atoms with Crippen LogP contribution >= 0.6 is 11.8 Å². The first-order valence-corrected chi connectivity index (χ1v) is 6.82. The van der Waals surface area contributed by atoms with E-state index >= 15 is 0 Å². The number of anilines is 1. The highest BCUT2D eigenvalue weighted by atomic mass is 32.2. The van der Waals surface area contributed by atoms with E-state index in [1.165, 1.54) is 11.8 Å². The van der Waals surface area contributed by atoms with Gasteiger partial charge < -0.3 is 10.2 Å². The van der Waals surface area contributed by atoms with Crippen molar-refractivity contribution in [3.63, 3.8) is 0 Å². The molecule has 0 radical (unpaired) electrons. The zero-order valence-corrected chi connectivity index (χ0v) is 11.5. The standard InChI is InChI=1S/C13H16N2O2S/c1-8(2)14-13(17)9-4-5-11-10(6-9)15(3)12(16)7-18-11/h4-6,8H,7H2,1-3H3,(H,14,17). The molecule has 1 aliphatic rings. The summed E-state index contributed by atoms with van der Waals surface area (Å²) in [6.07, 6.45) is 0. The van der Waals surface area contributed by atoms with E-state index in [2.05, 4.69) is 5.32 Å². The minimum atomic E-state index is -0.107. The lowest BCUT2D eigenvalue weighted by Crippen LogP contribution is -2.33. The summed E-state index contributed by atoms with van der Waals surface area (Å²) in [5.74, 6) is 0.416. The van der Waals surface area contributed by atoms with Crippen LogP contribution < -0.4 is 10.2 Å². The first kappa shape index (κ1) is 13.0. The van der Waals surface area contributed by atoms with Crippen molar-refractivity contribution in [3.05, 3.63) is 23.8 Å². The Morgan fingerprint density at radius 3 is 2.83 bits per heavy atom. The van der Waals surface area contributed by atoms with Gasteiger partial charge in [-0.2, -0.15) is 0 Å². The van der Waals surface area contributed by atoms with E-state index in [-0.39, 0.29) is 17.9 Å². The summed E-state index contributed by atoms with van der Waals surface area (Å²) in [6, 6.07) is 5.57. The van der Waals surface area contributed by atoms with Crippen LogP contribution in [0.25, 0.3) is 0 Å². The van der Waals surface area contributed by atoms with Crippen molar-refractivity contribution < 1.29 is 9.59 Å². The van der Waals surface area contributed by atoms with Crippen LogP contribution in [0.5, 0.6) is 0 Å². The summed E-state index contributed by atoms with van der Waals surface area (Å²) in [7, 11) is 1.74. The van der Waals surface area contributed by atoms with Gasteiger partial charge in [0.05, 0.1) is 11.4 Å². The Bertz CT molecular complexity index is 500. The Labute approximate surface area is 111 Å². The second-order valence-corrected chi connectivity index (χ2v) is 5.57. The van der Waals surface area contributed by atoms with Crippen LogP contribution in [0, 0.1) is 0 Å². The lowest BCUT2D eigenvalue weighted by Gasteiger charge is -2.25. The molecule has 96 valence electrons. The number of benzene rings is 1. The lowest BCUT2D eigenvalue weighted by molar-refractivity contribution is -0.116. The minimum absolute atomic E-state index is 0.0638. The Kier molecular flexibility index (Phi) is 3.61. The van der Waals surface area contributed by atoms with Crippen molar-refractivity contribution in [1.82, 2.24) is 5.32 Å². The Morgan fingerprint density at radius 1 is 1.44 bits per heavy atom. The number of carbonyl (C=O) groups is 2. The number of nitrogens with one attached hydrogen (secondary N) is 1. The average Bonchev–Trinajstić information content (AvgIpc) is 2.33. The van der Waals surface area contributed by atoms with Crippen molar-refractivity contribution in [3.8, 4) is 0 Å². The van der Waals surface area contributed by atoms with Crippen molar-refractivity contribution in [1.29, 1.82) is 0 Å². The molecule has 1 N–H and O–H groups in total. The van der Waals surface area contributed by atoms with Gasteiger partial charge in [0.1, 0.15) is 0 Å². The fourth-order valence-electron chi connectivity index (χ4n) is 1.76. The molecule has 1 aromatic carbocycles. The molecule has 18 heavy (non-hydrogen) atoms. The first-order chi connectivity index (χ1) is 8.49. The lowest BCUT2D eigenvalue weighted by atomic mass is 10.1. The molecule has 2 rings (SSSR count). The zero-order valence-electron chi connectivity index (χ0n) is 10.7. The van der Waals surface area contributed by atoms with E-state index in [0.717, 1.165) is 10.6 Å².